The van der Waals surface area contributed by atoms with E-state index in [0.717, 1.165) is 42.2 Å². The van der Waals surface area contributed by atoms with Crippen LogP contribution in [-0.2, 0) is 13.6 Å². The van der Waals surface area contributed by atoms with Gasteiger partial charge in [0.25, 0.3) is 0 Å². The molecule has 2 aromatic rings. The van der Waals surface area contributed by atoms with Crippen molar-refractivity contribution in [3.05, 3.63) is 18.0 Å². The third kappa shape index (κ3) is 3.80. The second-order valence-corrected chi connectivity index (χ2v) is 6.43. The molecule has 0 amide bonds. The lowest BCUT2D eigenvalue weighted by Gasteiger charge is -2.21. The molecule has 1 aliphatic rings. The smallest absolute Gasteiger partial charge is 0.191 e. The Hall–Kier alpha value is -1.12. The van der Waals surface area contributed by atoms with Crippen molar-refractivity contribution in [2.45, 2.75) is 37.4 Å². The molecule has 1 atom stereocenters. The summed E-state index contributed by atoms with van der Waals surface area (Å²) in [6.45, 7) is 4.98. The minimum Gasteiger partial charge on any atom is -0.317 e. The zero-order valence-corrected chi connectivity index (χ0v) is 14.5. The molecule has 22 heavy (non-hydrogen) atoms. The lowest BCUT2D eigenvalue weighted by atomic mass is 9.99. The first-order chi connectivity index (χ1) is 10.3. The van der Waals surface area contributed by atoms with Crippen LogP contribution in [-0.4, -0.2) is 48.4 Å². The van der Waals surface area contributed by atoms with Gasteiger partial charge in [-0.1, -0.05) is 11.8 Å². The number of hydrogen-bond donors (Lipinski definition) is 1. The molecule has 3 heterocycles. The number of halogens is 1. The van der Waals surface area contributed by atoms with Gasteiger partial charge in [0.05, 0.1) is 0 Å². The summed E-state index contributed by atoms with van der Waals surface area (Å²) in [5.41, 5.74) is 0. The van der Waals surface area contributed by atoms with Crippen LogP contribution in [0.15, 0.2) is 11.5 Å². The van der Waals surface area contributed by atoms with Crippen molar-refractivity contribution < 1.29 is 0 Å². The van der Waals surface area contributed by atoms with Crippen molar-refractivity contribution in [3.63, 3.8) is 0 Å². The van der Waals surface area contributed by atoms with Crippen LogP contribution in [0.4, 0.5) is 0 Å². The van der Waals surface area contributed by atoms with Crippen LogP contribution < -0.4 is 5.32 Å². The molecule has 122 valence electrons. The molecule has 2 aromatic heterocycles. The number of aryl methyl sites for hydroxylation is 2. The lowest BCUT2D eigenvalue weighted by molar-refractivity contribution is 0.436. The second-order valence-electron chi connectivity index (χ2n) is 5.36. The van der Waals surface area contributed by atoms with E-state index in [1.807, 2.05) is 6.92 Å². The highest BCUT2D eigenvalue weighted by atomic mass is 35.5. The van der Waals surface area contributed by atoms with Crippen molar-refractivity contribution in [1.82, 2.24) is 34.8 Å². The summed E-state index contributed by atoms with van der Waals surface area (Å²) in [6.07, 6.45) is 4.18. The number of rotatable bonds is 5. The predicted molar refractivity (Wildman–Crippen MR) is 88.6 cm³/mol. The van der Waals surface area contributed by atoms with Crippen molar-refractivity contribution >= 4 is 24.2 Å². The summed E-state index contributed by atoms with van der Waals surface area (Å²) >= 11 is 1.73. The third-order valence-corrected chi connectivity index (χ3v) is 4.90. The third-order valence-electron chi connectivity index (χ3n) is 3.90. The van der Waals surface area contributed by atoms with Crippen molar-refractivity contribution in [2.75, 3.05) is 18.8 Å². The largest absolute Gasteiger partial charge is 0.317 e. The van der Waals surface area contributed by atoms with Crippen LogP contribution in [0.25, 0.3) is 0 Å². The van der Waals surface area contributed by atoms with Gasteiger partial charge in [0.15, 0.2) is 5.16 Å². The number of aromatic nitrogens is 6. The van der Waals surface area contributed by atoms with E-state index in [0.29, 0.717) is 5.92 Å². The van der Waals surface area contributed by atoms with Crippen molar-refractivity contribution in [3.8, 4) is 0 Å². The summed E-state index contributed by atoms with van der Waals surface area (Å²) in [5, 5.41) is 21.0. The Kier molecular flexibility index (Phi) is 6.22. The van der Waals surface area contributed by atoms with Gasteiger partial charge < -0.3 is 14.5 Å². The van der Waals surface area contributed by atoms with Gasteiger partial charge in [-0.3, -0.25) is 0 Å². The summed E-state index contributed by atoms with van der Waals surface area (Å²) in [7, 11) is 2.07. The molecule has 0 aliphatic carbocycles. The predicted octanol–water partition coefficient (Wildman–Crippen LogP) is 1.40. The fraction of sp³-hybridized carbons (Fsp3) is 0.692. The lowest BCUT2D eigenvalue weighted by Crippen LogP contribution is -2.29. The minimum absolute atomic E-state index is 0. The van der Waals surface area contributed by atoms with Gasteiger partial charge >= 0.3 is 0 Å². The summed E-state index contributed by atoms with van der Waals surface area (Å²) < 4.78 is 4.19. The molecule has 0 aromatic carbocycles. The average molecular weight is 344 g/mol. The highest BCUT2D eigenvalue weighted by Crippen LogP contribution is 2.24. The summed E-state index contributed by atoms with van der Waals surface area (Å²) in [6, 6.07) is 0. The topological polar surface area (TPSA) is 73.4 Å². The zero-order chi connectivity index (χ0) is 14.7. The molecule has 0 radical (unpaired) electrons. The molecule has 1 saturated heterocycles. The minimum atomic E-state index is 0. The fourth-order valence-corrected chi connectivity index (χ4v) is 3.50. The van der Waals surface area contributed by atoms with Crippen LogP contribution in [0.3, 0.4) is 0 Å². The van der Waals surface area contributed by atoms with E-state index in [1.165, 1.54) is 12.8 Å². The maximum absolute atomic E-state index is 4.39. The monoisotopic (exact) mass is 343 g/mol. The molecule has 1 N–H and O–H groups in total. The van der Waals surface area contributed by atoms with Crippen molar-refractivity contribution in [2.24, 2.45) is 7.05 Å². The van der Waals surface area contributed by atoms with E-state index < -0.39 is 0 Å². The molecule has 0 bridgehead atoms. The molecule has 0 saturated carbocycles. The maximum Gasteiger partial charge on any atom is 0.191 e. The van der Waals surface area contributed by atoms with Gasteiger partial charge in [-0.25, -0.2) is 0 Å². The van der Waals surface area contributed by atoms with Gasteiger partial charge in [0, 0.05) is 31.8 Å². The first-order valence-corrected chi connectivity index (χ1v) is 8.31. The number of nitrogens with zero attached hydrogens (tertiary/aromatic N) is 6. The SMILES string of the molecule is Cc1nncn1CCSc1nnc(C2CCCNC2)n1C.Cl. The Labute approximate surface area is 140 Å². The number of thioether (sulfide) groups is 1. The normalized spacial score (nSPS) is 18.2. The molecular formula is C13H22ClN7S. The van der Waals surface area contributed by atoms with Crippen LogP contribution >= 0.6 is 24.2 Å². The molecule has 0 spiro atoms. The van der Waals surface area contributed by atoms with Gasteiger partial charge in [-0.2, -0.15) is 0 Å². The Morgan fingerprint density at radius 3 is 2.91 bits per heavy atom. The van der Waals surface area contributed by atoms with E-state index in [9.17, 15) is 0 Å². The number of hydrogen-bond acceptors (Lipinski definition) is 6. The van der Waals surface area contributed by atoms with E-state index in [2.05, 4.69) is 41.9 Å². The van der Waals surface area contributed by atoms with E-state index >= 15 is 0 Å². The first-order valence-electron chi connectivity index (χ1n) is 7.33. The Balaban J connectivity index is 0.00000176. The quantitative estimate of drug-likeness (QED) is 0.827. The van der Waals surface area contributed by atoms with Gasteiger partial charge in [-0.05, 0) is 26.3 Å². The number of nitrogens with one attached hydrogen (secondary N) is 1. The summed E-state index contributed by atoms with van der Waals surface area (Å²) in [5.74, 6) is 3.48. The second kappa shape index (κ2) is 7.94. The zero-order valence-electron chi connectivity index (χ0n) is 12.9. The standard InChI is InChI=1S/C13H21N7S.ClH/c1-10-16-15-9-20(10)6-7-21-13-18-17-12(19(13)2)11-4-3-5-14-8-11;/h9,11,14H,3-8H2,1-2H3;1H. The van der Waals surface area contributed by atoms with Gasteiger partial charge in [0.1, 0.15) is 18.0 Å². The van der Waals surface area contributed by atoms with E-state index in [4.69, 9.17) is 0 Å². The van der Waals surface area contributed by atoms with Crippen LogP contribution in [0, 0.1) is 6.92 Å². The fourth-order valence-electron chi connectivity index (χ4n) is 2.65. The Bertz CT molecular complexity index is 591. The molecule has 1 unspecified atom stereocenters. The highest BCUT2D eigenvalue weighted by molar-refractivity contribution is 7.99. The van der Waals surface area contributed by atoms with Gasteiger partial charge in [-0.15, -0.1) is 32.8 Å². The average Bonchev–Trinajstić information content (AvgIpc) is 3.07. The molecule has 9 heteroatoms. The first kappa shape index (κ1) is 17.2. The molecule has 3 rings (SSSR count). The van der Waals surface area contributed by atoms with Crippen LogP contribution in [0.5, 0.6) is 0 Å². The highest BCUT2D eigenvalue weighted by Gasteiger charge is 2.21. The number of piperidine rings is 1. The molecule has 1 fully saturated rings. The molecule has 1 aliphatic heterocycles. The molecule has 7 nitrogen and oxygen atoms in total. The van der Waals surface area contributed by atoms with Crippen molar-refractivity contribution in [1.29, 1.82) is 0 Å². The van der Waals surface area contributed by atoms with Crippen LogP contribution in [0.1, 0.15) is 30.4 Å². The van der Waals surface area contributed by atoms with E-state index in [1.54, 1.807) is 18.1 Å². The molecular weight excluding hydrogens is 322 g/mol. The maximum atomic E-state index is 4.39. The van der Waals surface area contributed by atoms with Crippen LogP contribution in [0.2, 0.25) is 0 Å². The Morgan fingerprint density at radius 1 is 1.36 bits per heavy atom. The van der Waals surface area contributed by atoms with E-state index in [-0.39, 0.29) is 12.4 Å². The summed E-state index contributed by atoms with van der Waals surface area (Å²) in [4.78, 5) is 0. The Morgan fingerprint density at radius 2 is 2.23 bits per heavy atom. The van der Waals surface area contributed by atoms with Gasteiger partial charge in [0.2, 0.25) is 0 Å².